The quantitative estimate of drug-likeness (QED) is 0.0199. The van der Waals surface area contributed by atoms with Gasteiger partial charge in [-0.15, -0.1) is 0 Å². The van der Waals surface area contributed by atoms with Gasteiger partial charge >= 0.3 is 19.8 Å². The molecule has 3 unspecified atom stereocenters. The number of unbranched alkanes of at least 4 members (excludes halogenated alkanes) is 19. The molecule has 0 aromatic rings. The lowest BCUT2D eigenvalue weighted by Gasteiger charge is -2.18. The summed E-state index contributed by atoms with van der Waals surface area (Å²) in [7, 11) is -4.77. The van der Waals surface area contributed by atoms with Crippen LogP contribution in [0.1, 0.15) is 206 Å². The molecule has 12 heteroatoms. The highest BCUT2D eigenvalue weighted by Gasteiger charge is 2.28. The van der Waals surface area contributed by atoms with E-state index in [1.54, 1.807) is 0 Å². The van der Waals surface area contributed by atoms with E-state index in [-0.39, 0.29) is 12.8 Å². The van der Waals surface area contributed by atoms with Gasteiger partial charge in [-0.05, 0) is 89.9 Å². The number of carboxylic acids is 1. The van der Waals surface area contributed by atoms with Gasteiger partial charge in [-0.1, -0.05) is 189 Å². The van der Waals surface area contributed by atoms with Gasteiger partial charge in [0.15, 0.2) is 6.04 Å². The molecule has 0 aromatic carbocycles. The van der Waals surface area contributed by atoms with E-state index in [1.807, 2.05) is 0 Å². The lowest BCUT2D eigenvalue weighted by atomic mass is 10.0. The first-order chi connectivity index (χ1) is 32.1. The second-order valence-corrected chi connectivity index (χ2v) is 18.4. The summed E-state index contributed by atoms with van der Waals surface area (Å²) in [5, 5.41) is 21.9. The molecular formula is C54H92NO10P. The van der Waals surface area contributed by atoms with Crippen LogP contribution in [0.4, 0.5) is 0 Å². The van der Waals surface area contributed by atoms with Crippen LogP contribution in [-0.4, -0.2) is 64.9 Å². The number of aliphatic hydroxyl groups excluding tert-OH is 1. The number of amides is 1. The van der Waals surface area contributed by atoms with Crippen LogP contribution in [0.15, 0.2) is 85.1 Å². The Hall–Kier alpha value is -3.34. The number of phosphoric ester groups is 1. The van der Waals surface area contributed by atoms with E-state index in [9.17, 15) is 34.1 Å². The summed E-state index contributed by atoms with van der Waals surface area (Å²) in [5.74, 6) is -2.40. The molecule has 0 rings (SSSR count). The van der Waals surface area contributed by atoms with Crippen LogP contribution in [0.5, 0.6) is 0 Å². The monoisotopic (exact) mass is 946 g/mol. The zero-order valence-corrected chi connectivity index (χ0v) is 42.1. The van der Waals surface area contributed by atoms with Gasteiger partial charge in [-0.25, -0.2) is 9.36 Å². The molecule has 66 heavy (non-hydrogen) atoms. The highest BCUT2D eigenvalue weighted by Crippen LogP contribution is 2.43. The minimum absolute atomic E-state index is 0.138. The number of esters is 1. The molecule has 0 aliphatic carbocycles. The number of phosphoric acid groups is 1. The van der Waals surface area contributed by atoms with E-state index >= 15 is 0 Å². The molecule has 3 atom stereocenters. The first-order valence-electron chi connectivity index (χ1n) is 25.6. The van der Waals surface area contributed by atoms with E-state index in [0.29, 0.717) is 12.8 Å². The Morgan fingerprint density at radius 2 is 0.879 bits per heavy atom. The van der Waals surface area contributed by atoms with Crippen LogP contribution >= 0.6 is 7.82 Å². The van der Waals surface area contributed by atoms with Gasteiger partial charge in [0.2, 0.25) is 5.91 Å². The lowest BCUT2D eigenvalue weighted by molar-refractivity contribution is -0.147. The van der Waals surface area contributed by atoms with E-state index in [1.165, 1.54) is 70.6 Å². The van der Waals surface area contributed by atoms with Gasteiger partial charge in [0, 0.05) is 12.8 Å². The van der Waals surface area contributed by atoms with Crippen LogP contribution in [0.2, 0.25) is 0 Å². The number of nitrogens with one attached hydrogen (secondary N) is 1. The number of hydrogen-bond donors (Lipinski definition) is 4. The summed E-state index contributed by atoms with van der Waals surface area (Å²) >= 11 is 0. The summed E-state index contributed by atoms with van der Waals surface area (Å²) in [6, 6.07) is -1.56. The summed E-state index contributed by atoms with van der Waals surface area (Å²) < 4.78 is 26.9. The number of rotatable bonds is 47. The second-order valence-electron chi connectivity index (χ2n) is 17.0. The van der Waals surface area contributed by atoms with Crippen molar-refractivity contribution in [1.82, 2.24) is 5.32 Å². The fourth-order valence-electron chi connectivity index (χ4n) is 6.72. The maximum atomic E-state index is 12.4. The SMILES string of the molecule is CC/C=C\C/C=C\C/C=C\C/C=C\C/C=C\CCCCCCCC(=O)OCC(O)COP(=O)(O)OCC(NC(=O)CCCCCCCCCCCCC/C=C\C/C=C\CCCCC)C(=O)O. The molecule has 11 nitrogen and oxygen atoms in total. The average Bonchev–Trinajstić information content (AvgIpc) is 3.29. The van der Waals surface area contributed by atoms with Crippen molar-refractivity contribution in [3.05, 3.63) is 85.1 Å². The van der Waals surface area contributed by atoms with Crippen LogP contribution in [0, 0.1) is 0 Å². The maximum absolute atomic E-state index is 12.4. The zero-order chi connectivity index (χ0) is 48.4. The fraction of sp³-hybridized carbons (Fsp3) is 0.685. The standard InChI is InChI=1S/C54H92NO10P/c1-3-5-7-9-11-13-15-17-19-21-23-25-27-29-31-33-35-37-39-41-43-45-52(57)55-51(54(59)60)49-65-66(61,62)64-48-50(56)47-63-53(58)46-44-42-40-38-36-34-32-30-28-26-24-22-20-18-16-14-12-10-8-6-4-2/h6,8,11-14,17-20,24,26,30,32,50-51,56H,3-5,7,9-10,15-16,21-23,25,27-29,31,33-49H2,1-2H3,(H,55,57)(H,59,60)(H,61,62)/b8-6-,13-11-,14-12-,19-17-,20-18-,26-24-,32-30-. The van der Waals surface area contributed by atoms with Gasteiger partial charge in [0.25, 0.3) is 0 Å². The normalized spacial score (nSPS) is 14.2. The third-order valence-corrected chi connectivity index (χ3v) is 11.6. The summed E-state index contributed by atoms with van der Waals surface area (Å²) in [6.07, 6.45) is 60.2. The highest BCUT2D eigenvalue weighted by molar-refractivity contribution is 7.47. The predicted molar refractivity (Wildman–Crippen MR) is 272 cm³/mol. The lowest BCUT2D eigenvalue weighted by Crippen LogP contribution is -2.43. The molecule has 0 aliphatic heterocycles. The Kier molecular flexibility index (Phi) is 45.7. The summed E-state index contributed by atoms with van der Waals surface area (Å²) in [5.41, 5.74) is 0. The van der Waals surface area contributed by atoms with Gasteiger partial charge in [-0.2, -0.15) is 0 Å². The number of hydrogen-bond acceptors (Lipinski definition) is 8. The number of carbonyl (C=O) groups is 3. The molecule has 0 saturated carbocycles. The Bertz CT molecular complexity index is 1440. The molecule has 0 aliphatic rings. The number of carboxylic acid groups (broad SMARTS) is 1. The van der Waals surface area contributed by atoms with Crippen molar-refractivity contribution in [2.24, 2.45) is 0 Å². The van der Waals surface area contributed by atoms with Gasteiger partial charge < -0.3 is 25.2 Å². The molecule has 0 aromatic heterocycles. The van der Waals surface area contributed by atoms with E-state index < -0.39 is 57.6 Å². The van der Waals surface area contributed by atoms with Crippen molar-refractivity contribution in [2.75, 3.05) is 19.8 Å². The minimum Gasteiger partial charge on any atom is -0.480 e. The Labute approximate surface area is 401 Å². The fourth-order valence-corrected chi connectivity index (χ4v) is 7.50. The molecule has 0 saturated heterocycles. The summed E-state index contributed by atoms with van der Waals surface area (Å²) in [6.45, 7) is 2.45. The van der Waals surface area contributed by atoms with Crippen LogP contribution in [-0.2, 0) is 32.7 Å². The van der Waals surface area contributed by atoms with Crippen molar-refractivity contribution in [3.8, 4) is 0 Å². The molecule has 0 bridgehead atoms. The number of ether oxygens (including phenoxy) is 1. The topological polar surface area (TPSA) is 169 Å². The molecule has 0 spiro atoms. The zero-order valence-electron chi connectivity index (χ0n) is 41.2. The van der Waals surface area contributed by atoms with Crippen molar-refractivity contribution in [1.29, 1.82) is 0 Å². The minimum atomic E-state index is -4.77. The number of allylic oxidation sites excluding steroid dienone is 14. The molecule has 0 heterocycles. The average molecular weight is 946 g/mol. The number of aliphatic hydroxyl groups is 1. The third kappa shape index (κ3) is 47.2. The van der Waals surface area contributed by atoms with Crippen molar-refractivity contribution in [2.45, 2.75) is 219 Å². The van der Waals surface area contributed by atoms with Gasteiger partial charge in [0.05, 0.1) is 13.2 Å². The third-order valence-electron chi connectivity index (χ3n) is 10.7. The van der Waals surface area contributed by atoms with Crippen molar-refractivity contribution < 1.29 is 47.8 Å². The van der Waals surface area contributed by atoms with Crippen molar-refractivity contribution in [3.63, 3.8) is 0 Å². The Balaban J connectivity index is 3.88. The van der Waals surface area contributed by atoms with E-state index in [4.69, 9.17) is 13.8 Å². The van der Waals surface area contributed by atoms with Crippen LogP contribution < -0.4 is 5.32 Å². The molecular weight excluding hydrogens is 854 g/mol. The number of aliphatic carboxylic acids is 1. The largest absolute Gasteiger partial charge is 0.480 e. The van der Waals surface area contributed by atoms with Crippen LogP contribution in [0.3, 0.4) is 0 Å². The summed E-state index contributed by atoms with van der Waals surface area (Å²) in [4.78, 5) is 46.1. The molecule has 378 valence electrons. The first kappa shape index (κ1) is 62.7. The molecule has 0 fully saturated rings. The van der Waals surface area contributed by atoms with Crippen LogP contribution in [0.25, 0.3) is 0 Å². The van der Waals surface area contributed by atoms with E-state index in [0.717, 1.165) is 96.3 Å². The highest BCUT2D eigenvalue weighted by atomic mass is 31.2. The second kappa shape index (κ2) is 48.1. The molecule has 4 N–H and O–H groups in total. The Morgan fingerprint density at radius 3 is 1.32 bits per heavy atom. The van der Waals surface area contributed by atoms with E-state index in [2.05, 4.69) is 104 Å². The van der Waals surface area contributed by atoms with Gasteiger partial charge in [0.1, 0.15) is 12.7 Å². The first-order valence-corrected chi connectivity index (χ1v) is 27.1. The van der Waals surface area contributed by atoms with Crippen molar-refractivity contribution >= 4 is 25.7 Å². The Morgan fingerprint density at radius 1 is 0.500 bits per heavy atom. The predicted octanol–water partition coefficient (Wildman–Crippen LogP) is 14.2. The molecule has 1 amide bonds. The maximum Gasteiger partial charge on any atom is 0.472 e. The smallest absolute Gasteiger partial charge is 0.472 e. The number of carbonyl (C=O) groups excluding carboxylic acids is 2. The van der Waals surface area contributed by atoms with Gasteiger partial charge in [-0.3, -0.25) is 18.6 Å². The molecule has 0 radical (unpaired) electrons.